The van der Waals surface area contributed by atoms with Gasteiger partial charge in [-0.3, -0.25) is 0 Å². The highest BCUT2D eigenvalue weighted by Gasteiger charge is 2.14. The molecule has 0 bridgehead atoms. The molecule has 0 aliphatic heterocycles. The van der Waals surface area contributed by atoms with Gasteiger partial charge in [0.05, 0.1) is 7.11 Å². The van der Waals surface area contributed by atoms with Gasteiger partial charge in [-0.05, 0) is 12.0 Å². The van der Waals surface area contributed by atoms with Crippen LogP contribution in [-0.4, -0.2) is 7.11 Å². The fraction of sp³-hybridized carbons (Fsp3) is 0.200. The van der Waals surface area contributed by atoms with Gasteiger partial charge in [-0.15, -0.1) is 0 Å². The number of hydrogen-bond acceptors (Lipinski definition) is 1. The second-order valence-corrected chi connectivity index (χ2v) is 3.60. The lowest BCUT2D eigenvalue weighted by molar-refractivity contribution is 0.281. The van der Waals surface area contributed by atoms with Crippen LogP contribution in [0.5, 0.6) is 0 Å². The lowest BCUT2D eigenvalue weighted by atomic mass is 10.1. The molecule has 0 aromatic rings. The minimum atomic E-state index is -1.17. The molecule has 98 valence electrons. The summed E-state index contributed by atoms with van der Waals surface area (Å²) in [4.78, 5) is 0. The van der Waals surface area contributed by atoms with E-state index in [0.29, 0.717) is 0 Å². The molecule has 0 aromatic carbocycles. The van der Waals surface area contributed by atoms with Crippen LogP contribution in [-0.2, 0) is 4.74 Å². The van der Waals surface area contributed by atoms with Gasteiger partial charge in [0.1, 0.15) is 5.76 Å². The van der Waals surface area contributed by atoms with Crippen molar-refractivity contribution in [2.75, 3.05) is 7.11 Å². The Morgan fingerprint density at radius 1 is 1.06 bits per heavy atom. The fourth-order valence-electron chi connectivity index (χ4n) is 0.922. The maximum atomic E-state index is 13.6. The van der Waals surface area contributed by atoms with E-state index in [1.165, 1.54) is 13.2 Å². The topological polar surface area (TPSA) is 9.23 Å². The Balaban J connectivity index is 4.96. The first-order chi connectivity index (χ1) is 8.34. The van der Waals surface area contributed by atoms with E-state index in [1.807, 2.05) is 6.92 Å². The highest BCUT2D eigenvalue weighted by molar-refractivity contribution is 5.49. The predicted molar refractivity (Wildman–Crippen MR) is 72.2 cm³/mol. The number of methoxy groups -OCH3 is 1. The van der Waals surface area contributed by atoms with Crippen molar-refractivity contribution in [1.82, 2.24) is 0 Å². The molecule has 0 atom stereocenters. The zero-order chi connectivity index (χ0) is 14.3. The van der Waals surface area contributed by atoms with E-state index in [4.69, 9.17) is 0 Å². The molecular formula is C15H18F2O. The highest BCUT2D eigenvalue weighted by Crippen LogP contribution is 2.26. The molecule has 18 heavy (non-hydrogen) atoms. The monoisotopic (exact) mass is 252 g/mol. The Kier molecular flexibility index (Phi) is 6.65. The summed E-state index contributed by atoms with van der Waals surface area (Å²) in [5.41, 5.74) is 0.974. The number of rotatable bonds is 7. The number of hydrogen-bond donors (Lipinski definition) is 0. The van der Waals surface area contributed by atoms with Crippen molar-refractivity contribution in [1.29, 1.82) is 0 Å². The largest absolute Gasteiger partial charge is 0.494 e. The van der Waals surface area contributed by atoms with Crippen molar-refractivity contribution >= 4 is 0 Å². The van der Waals surface area contributed by atoms with Crippen LogP contribution in [0.15, 0.2) is 72.6 Å². The average molecular weight is 252 g/mol. The van der Waals surface area contributed by atoms with Gasteiger partial charge in [0.25, 0.3) is 0 Å². The first kappa shape index (κ1) is 16.1. The van der Waals surface area contributed by atoms with Crippen molar-refractivity contribution in [2.45, 2.75) is 13.3 Å². The highest BCUT2D eigenvalue weighted by atomic mass is 19.2. The standard InChI is InChI=1S/C15H18F2O/c1-7-10(2)8-9-11(3)12(4)14(16)15(17)13(5)18-6/h8-9H,2-5,7H2,1,6H3/b9-8-,15-14-. The molecule has 0 aromatic heterocycles. The van der Waals surface area contributed by atoms with Crippen molar-refractivity contribution in [3.63, 3.8) is 0 Å². The lowest BCUT2D eigenvalue weighted by Gasteiger charge is -2.06. The fourth-order valence-corrected chi connectivity index (χ4v) is 0.922. The van der Waals surface area contributed by atoms with E-state index in [2.05, 4.69) is 31.1 Å². The molecule has 0 radical (unpaired) electrons. The number of allylic oxidation sites excluding steroid dienone is 7. The molecule has 0 saturated carbocycles. The van der Waals surface area contributed by atoms with E-state index in [0.717, 1.165) is 12.0 Å². The van der Waals surface area contributed by atoms with Crippen LogP contribution in [0.3, 0.4) is 0 Å². The Labute approximate surface area is 107 Å². The summed E-state index contributed by atoms with van der Waals surface area (Å²) in [6, 6.07) is 0. The summed E-state index contributed by atoms with van der Waals surface area (Å²) in [6.45, 7) is 16.0. The Morgan fingerprint density at radius 3 is 2.06 bits per heavy atom. The van der Waals surface area contributed by atoms with Gasteiger partial charge >= 0.3 is 0 Å². The summed E-state index contributed by atoms with van der Waals surface area (Å²) in [6.07, 6.45) is 3.99. The number of ether oxygens (including phenoxy) is 1. The molecular weight excluding hydrogens is 234 g/mol. The third kappa shape index (κ3) is 4.53. The van der Waals surface area contributed by atoms with Gasteiger partial charge in [-0.25, -0.2) is 4.39 Å². The quantitative estimate of drug-likeness (QED) is 0.461. The van der Waals surface area contributed by atoms with Gasteiger partial charge < -0.3 is 4.74 Å². The van der Waals surface area contributed by atoms with Gasteiger partial charge in [0, 0.05) is 5.57 Å². The summed E-state index contributed by atoms with van der Waals surface area (Å²) >= 11 is 0. The van der Waals surface area contributed by atoms with E-state index in [-0.39, 0.29) is 16.9 Å². The van der Waals surface area contributed by atoms with Crippen molar-refractivity contribution in [3.8, 4) is 0 Å². The summed E-state index contributed by atoms with van der Waals surface area (Å²) in [5, 5.41) is 0. The normalized spacial score (nSPS) is 12.0. The van der Waals surface area contributed by atoms with Crippen LogP contribution in [0.2, 0.25) is 0 Å². The first-order valence-electron chi connectivity index (χ1n) is 5.38. The zero-order valence-electron chi connectivity index (χ0n) is 10.9. The molecule has 0 spiro atoms. The molecule has 0 fully saturated rings. The molecule has 0 saturated heterocycles. The van der Waals surface area contributed by atoms with E-state index >= 15 is 0 Å². The van der Waals surface area contributed by atoms with Crippen LogP contribution >= 0.6 is 0 Å². The molecule has 0 heterocycles. The summed E-state index contributed by atoms with van der Waals surface area (Å²) in [7, 11) is 1.21. The predicted octanol–water partition coefficient (Wildman–Crippen LogP) is 4.93. The molecule has 0 unspecified atom stereocenters. The van der Waals surface area contributed by atoms with Crippen molar-refractivity contribution in [3.05, 3.63) is 72.6 Å². The molecule has 0 aliphatic rings. The minimum Gasteiger partial charge on any atom is -0.494 e. The summed E-state index contributed by atoms with van der Waals surface area (Å²) < 4.78 is 31.5. The third-order valence-corrected chi connectivity index (χ3v) is 2.31. The Hall–Kier alpha value is -1.90. The molecule has 0 amide bonds. The Bertz CT molecular complexity index is 439. The molecule has 1 nitrogen and oxygen atoms in total. The van der Waals surface area contributed by atoms with Gasteiger partial charge in [-0.1, -0.05) is 51.0 Å². The average Bonchev–Trinajstić information content (AvgIpc) is 2.40. The van der Waals surface area contributed by atoms with E-state index < -0.39 is 11.7 Å². The summed E-state index contributed by atoms with van der Waals surface area (Å²) in [5.74, 6) is -2.69. The SMILES string of the molecule is C=C(/C=C\C(=C)C(=C)/C(F)=C(/F)C(=C)OC)CC. The van der Waals surface area contributed by atoms with E-state index in [1.54, 1.807) is 6.08 Å². The van der Waals surface area contributed by atoms with Gasteiger partial charge in [0.2, 0.25) is 5.83 Å². The van der Waals surface area contributed by atoms with Crippen LogP contribution in [0.4, 0.5) is 8.78 Å². The second-order valence-electron chi connectivity index (χ2n) is 3.60. The minimum absolute atomic E-state index is 0.147. The van der Waals surface area contributed by atoms with Gasteiger partial charge in [-0.2, -0.15) is 4.39 Å². The molecule has 0 N–H and O–H groups in total. The zero-order valence-corrected chi connectivity index (χ0v) is 10.9. The second kappa shape index (κ2) is 7.43. The van der Waals surface area contributed by atoms with Gasteiger partial charge in [0.15, 0.2) is 5.83 Å². The maximum Gasteiger partial charge on any atom is 0.200 e. The Morgan fingerprint density at radius 2 is 1.61 bits per heavy atom. The van der Waals surface area contributed by atoms with Crippen molar-refractivity contribution < 1.29 is 13.5 Å². The van der Waals surface area contributed by atoms with Crippen molar-refractivity contribution in [2.24, 2.45) is 0 Å². The van der Waals surface area contributed by atoms with Crippen LogP contribution in [0.1, 0.15) is 13.3 Å². The van der Waals surface area contributed by atoms with E-state index in [9.17, 15) is 8.78 Å². The maximum absolute atomic E-state index is 13.6. The first-order valence-corrected chi connectivity index (χ1v) is 5.38. The van der Waals surface area contributed by atoms with Crippen LogP contribution in [0.25, 0.3) is 0 Å². The molecule has 0 aliphatic carbocycles. The number of halogens is 2. The molecule has 3 heteroatoms. The third-order valence-electron chi connectivity index (χ3n) is 2.31. The molecule has 0 rings (SSSR count). The lowest BCUT2D eigenvalue weighted by Crippen LogP contribution is -1.93. The van der Waals surface area contributed by atoms with Crippen LogP contribution in [0, 0.1) is 0 Å². The van der Waals surface area contributed by atoms with Crippen LogP contribution < -0.4 is 0 Å². The smallest absolute Gasteiger partial charge is 0.200 e.